The molecule has 0 aliphatic rings. The van der Waals surface area contributed by atoms with Crippen molar-refractivity contribution in [1.29, 1.82) is 0 Å². The fourth-order valence-electron chi connectivity index (χ4n) is 1.67. The molecular formula is C14H10F4. The SMILES string of the molecule is Cc1ccc(-c2ccc(F)c(C(F)(F)F)c2)cc1. The first-order valence-corrected chi connectivity index (χ1v) is 5.32. The Labute approximate surface area is 102 Å². The third-order valence-electron chi connectivity index (χ3n) is 2.66. The monoisotopic (exact) mass is 254 g/mol. The minimum absolute atomic E-state index is 0.351. The van der Waals surface area contributed by atoms with E-state index in [1.54, 1.807) is 24.3 Å². The number of aryl methyl sites for hydroxylation is 1. The molecule has 0 radical (unpaired) electrons. The molecule has 0 saturated heterocycles. The Balaban J connectivity index is 2.50. The van der Waals surface area contributed by atoms with Crippen LogP contribution in [0.5, 0.6) is 0 Å². The highest BCUT2D eigenvalue weighted by atomic mass is 19.4. The summed E-state index contributed by atoms with van der Waals surface area (Å²) in [5.74, 6) is -1.25. The Morgan fingerprint density at radius 3 is 1.94 bits per heavy atom. The summed E-state index contributed by atoms with van der Waals surface area (Å²) in [6.45, 7) is 1.88. The number of hydrogen-bond acceptors (Lipinski definition) is 0. The Morgan fingerprint density at radius 1 is 0.833 bits per heavy atom. The molecule has 0 atom stereocenters. The van der Waals surface area contributed by atoms with Crippen LogP contribution in [0.25, 0.3) is 11.1 Å². The van der Waals surface area contributed by atoms with Crippen LogP contribution in [0.15, 0.2) is 42.5 Å². The zero-order valence-electron chi connectivity index (χ0n) is 9.55. The van der Waals surface area contributed by atoms with Crippen molar-refractivity contribution in [3.63, 3.8) is 0 Å². The van der Waals surface area contributed by atoms with Crippen LogP contribution in [0.4, 0.5) is 17.6 Å². The molecule has 0 amide bonds. The largest absolute Gasteiger partial charge is 0.419 e. The van der Waals surface area contributed by atoms with Crippen molar-refractivity contribution in [1.82, 2.24) is 0 Å². The van der Waals surface area contributed by atoms with E-state index >= 15 is 0 Å². The van der Waals surface area contributed by atoms with Crippen LogP contribution in [-0.2, 0) is 6.18 Å². The van der Waals surface area contributed by atoms with Gasteiger partial charge in [0.25, 0.3) is 0 Å². The molecule has 0 N–H and O–H groups in total. The first-order valence-electron chi connectivity index (χ1n) is 5.32. The summed E-state index contributed by atoms with van der Waals surface area (Å²) < 4.78 is 50.8. The number of hydrogen-bond donors (Lipinski definition) is 0. The number of benzene rings is 2. The van der Waals surface area contributed by atoms with Crippen molar-refractivity contribution in [2.45, 2.75) is 13.1 Å². The van der Waals surface area contributed by atoms with E-state index in [4.69, 9.17) is 0 Å². The Bertz CT molecular complexity index is 553. The molecule has 0 aliphatic carbocycles. The minimum atomic E-state index is -4.68. The van der Waals surface area contributed by atoms with E-state index in [9.17, 15) is 17.6 Å². The van der Waals surface area contributed by atoms with Gasteiger partial charge in [0.2, 0.25) is 0 Å². The zero-order valence-corrected chi connectivity index (χ0v) is 9.55. The van der Waals surface area contributed by atoms with Gasteiger partial charge in [-0.15, -0.1) is 0 Å². The molecule has 94 valence electrons. The van der Waals surface area contributed by atoms with Gasteiger partial charge in [0, 0.05) is 0 Å². The Kier molecular flexibility index (Phi) is 3.11. The lowest BCUT2D eigenvalue weighted by atomic mass is 10.0. The molecule has 2 aromatic rings. The molecule has 0 nitrogen and oxygen atoms in total. The molecular weight excluding hydrogens is 244 g/mol. The molecule has 0 unspecified atom stereocenters. The summed E-state index contributed by atoms with van der Waals surface area (Å²) in [5, 5.41) is 0. The highest BCUT2D eigenvalue weighted by Crippen LogP contribution is 2.34. The zero-order chi connectivity index (χ0) is 13.3. The normalized spacial score (nSPS) is 11.6. The summed E-state index contributed by atoms with van der Waals surface area (Å²) in [4.78, 5) is 0. The predicted octanol–water partition coefficient (Wildman–Crippen LogP) is 4.82. The maximum Gasteiger partial charge on any atom is 0.419 e. The van der Waals surface area contributed by atoms with Gasteiger partial charge < -0.3 is 0 Å². The first-order chi connectivity index (χ1) is 8.38. The van der Waals surface area contributed by atoms with Crippen molar-refractivity contribution in [2.24, 2.45) is 0 Å². The lowest BCUT2D eigenvalue weighted by Crippen LogP contribution is -2.08. The maximum atomic E-state index is 13.1. The fraction of sp³-hybridized carbons (Fsp3) is 0.143. The maximum absolute atomic E-state index is 13.1. The average Bonchev–Trinajstić information content (AvgIpc) is 2.29. The standard InChI is InChI=1S/C14H10F4/c1-9-2-4-10(5-3-9)11-6-7-13(15)12(8-11)14(16,17)18/h2-8H,1H3. The second-order valence-electron chi connectivity index (χ2n) is 4.06. The van der Waals surface area contributed by atoms with Gasteiger partial charge in [-0.1, -0.05) is 35.9 Å². The molecule has 4 heteroatoms. The van der Waals surface area contributed by atoms with Gasteiger partial charge in [-0.05, 0) is 30.2 Å². The summed E-state index contributed by atoms with van der Waals surface area (Å²) in [6.07, 6.45) is -4.68. The quantitative estimate of drug-likeness (QED) is 0.640. The van der Waals surface area contributed by atoms with Crippen LogP contribution in [0.1, 0.15) is 11.1 Å². The Hall–Kier alpha value is -1.84. The first kappa shape index (κ1) is 12.6. The molecule has 0 fully saturated rings. The van der Waals surface area contributed by atoms with Gasteiger partial charge in [0.05, 0.1) is 5.56 Å². The number of rotatable bonds is 1. The van der Waals surface area contributed by atoms with Crippen LogP contribution >= 0.6 is 0 Å². The fourth-order valence-corrected chi connectivity index (χ4v) is 1.67. The molecule has 18 heavy (non-hydrogen) atoms. The van der Waals surface area contributed by atoms with E-state index < -0.39 is 17.6 Å². The number of alkyl halides is 3. The van der Waals surface area contributed by atoms with Crippen molar-refractivity contribution in [2.75, 3.05) is 0 Å². The van der Waals surface area contributed by atoms with Gasteiger partial charge in [0.15, 0.2) is 0 Å². The topological polar surface area (TPSA) is 0 Å². The van der Waals surface area contributed by atoms with Gasteiger partial charge in [0.1, 0.15) is 5.82 Å². The van der Waals surface area contributed by atoms with E-state index in [-0.39, 0.29) is 0 Å². The van der Waals surface area contributed by atoms with Gasteiger partial charge in [-0.3, -0.25) is 0 Å². The summed E-state index contributed by atoms with van der Waals surface area (Å²) in [6, 6.07) is 10.0. The third kappa shape index (κ3) is 2.53. The molecule has 0 spiro atoms. The van der Waals surface area contributed by atoms with Crippen LogP contribution < -0.4 is 0 Å². The smallest absolute Gasteiger partial charge is 0.206 e. The van der Waals surface area contributed by atoms with Crippen LogP contribution in [0.3, 0.4) is 0 Å². The second-order valence-corrected chi connectivity index (χ2v) is 4.06. The number of halogens is 4. The molecule has 2 aromatic carbocycles. The Morgan fingerprint density at radius 2 is 1.39 bits per heavy atom. The summed E-state index contributed by atoms with van der Waals surface area (Å²) in [5.41, 5.74) is 0.757. The highest BCUT2D eigenvalue weighted by Gasteiger charge is 2.34. The van der Waals surface area contributed by atoms with Crippen molar-refractivity contribution in [3.8, 4) is 11.1 Å². The second kappa shape index (κ2) is 4.44. The third-order valence-corrected chi connectivity index (χ3v) is 2.66. The van der Waals surface area contributed by atoms with Crippen LogP contribution in [0.2, 0.25) is 0 Å². The molecule has 0 aliphatic heterocycles. The van der Waals surface area contributed by atoms with Crippen LogP contribution in [-0.4, -0.2) is 0 Å². The minimum Gasteiger partial charge on any atom is -0.206 e. The van der Waals surface area contributed by atoms with Crippen molar-refractivity contribution in [3.05, 3.63) is 59.4 Å². The molecule has 2 rings (SSSR count). The van der Waals surface area contributed by atoms with Gasteiger partial charge >= 0.3 is 6.18 Å². The summed E-state index contributed by atoms with van der Waals surface area (Å²) >= 11 is 0. The molecule has 0 saturated carbocycles. The van der Waals surface area contributed by atoms with Crippen molar-refractivity contribution >= 4 is 0 Å². The van der Waals surface area contributed by atoms with E-state index in [0.717, 1.165) is 17.7 Å². The molecule has 0 bridgehead atoms. The molecule has 0 aromatic heterocycles. The van der Waals surface area contributed by atoms with E-state index in [2.05, 4.69) is 0 Å². The lowest BCUT2D eigenvalue weighted by molar-refractivity contribution is -0.139. The van der Waals surface area contributed by atoms with Crippen molar-refractivity contribution < 1.29 is 17.6 Å². The van der Waals surface area contributed by atoms with Gasteiger partial charge in [-0.25, -0.2) is 4.39 Å². The average molecular weight is 254 g/mol. The lowest BCUT2D eigenvalue weighted by Gasteiger charge is -2.10. The van der Waals surface area contributed by atoms with Crippen LogP contribution in [0, 0.1) is 12.7 Å². The highest BCUT2D eigenvalue weighted by molar-refractivity contribution is 5.64. The van der Waals surface area contributed by atoms with E-state index in [0.29, 0.717) is 11.1 Å². The van der Waals surface area contributed by atoms with E-state index in [1.807, 2.05) is 6.92 Å². The van der Waals surface area contributed by atoms with E-state index in [1.165, 1.54) is 6.07 Å². The summed E-state index contributed by atoms with van der Waals surface area (Å²) in [7, 11) is 0. The molecule has 0 heterocycles. The van der Waals surface area contributed by atoms with Gasteiger partial charge in [-0.2, -0.15) is 13.2 Å². The predicted molar refractivity (Wildman–Crippen MR) is 61.6 cm³/mol.